The number of aromatic amines is 1. The number of rotatable bonds is 9. The number of piperidine rings is 1. The maximum atomic E-state index is 13.7. The molecule has 212 valence electrons. The van der Waals surface area contributed by atoms with Crippen LogP contribution in [0.15, 0.2) is 24.3 Å². The minimum Gasteiger partial charge on any atom is -0.355 e. The molecule has 1 aromatic carbocycles. The summed E-state index contributed by atoms with van der Waals surface area (Å²) in [4.78, 5) is 43.8. The van der Waals surface area contributed by atoms with E-state index in [0.717, 1.165) is 35.4 Å². The number of hydrogen-bond acceptors (Lipinski definition) is 5. The van der Waals surface area contributed by atoms with Crippen molar-refractivity contribution in [3.05, 3.63) is 52.3 Å². The van der Waals surface area contributed by atoms with Crippen molar-refractivity contribution in [1.29, 1.82) is 0 Å². The number of hydrogen-bond donors (Lipinski definition) is 3. The van der Waals surface area contributed by atoms with Gasteiger partial charge < -0.3 is 15.5 Å². The lowest BCUT2D eigenvalue weighted by molar-refractivity contribution is -0.162. The first-order chi connectivity index (χ1) is 18.6. The number of unbranched alkanes of at least 4 members (excludes halogenated alkanes) is 1. The molecular weight excluding hydrogens is 492 g/mol. The highest BCUT2D eigenvalue weighted by Gasteiger charge is 2.54. The molecule has 9 heteroatoms. The van der Waals surface area contributed by atoms with E-state index >= 15 is 0 Å². The quantitative estimate of drug-likeness (QED) is 0.455. The van der Waals surface area contributed by atoms with Crippen LogP contribution in [0.2, 0.25) is 0 Å². The second-order valence-corrected chi connectivity index (χ2v) is 11.5. The van der Waals surface area contributed by atoms with Crippen molar-refractivity contribution in [1.82, 2.24) is 30.6 Å². The maximum Gasteiger partial charge on any atom is 0.251 e. The Kier molecular flexibility index (Phi) is 8.79. The first-order valence-electron chi connectivity index (χ1n) is 14.3. The molecule has 2 aromatic rings. The summed E-state index contributed by atoms with van der Waals surface area (Å²) in [5.74, 6) is 0.253. The number of amides is 3. The molecule has 0 aliphatic carbocycles. The number of nitrogens with zero attached hydrogens (tertiary/aromatic N) is 3. The monoisotopic (exact) mass is 536 g/mol. The number of nitrogens with one attached hydrogen (secondary N) is 3. The lowest BCUT2D eigenvalue weighted by Gasteiger charge is -2.52. The Labute approximate surface area is 232 Å². The first-order valence-corrected chi connectivity index (χ1v) is 14.3. The smallest absolute Gasteiger partial charge is 0.251 e. The van der Waals surface area contributed by atoms with E-state index in [2.05, 4.69) is 46.5 Å². The fraction of sp³-hybridized carbons (Fsp3) is 0.600. The minimum absolute atomic E-state index is 0.00865. The molecule has 2 aliphatic heterocycles. The summed E-state index contributed by atoms with van der Waals surface area (Å²) in [6.07, 6.45) is 3.65. The summed E-state index contributed by atoms with van der Waals surface area (Å²) in [5, 5.41) is 13.4. The molecule has 2 aliphatic rings. The number of carbonyl (C=O) groups is 3. The van der Waals surface area contributed by atoms with Gasteiger partial charge >= 0.3 is 0 Å². The van der Waals surface area contributed by atoms with Gasteiger partial charge in [-0.05, 0) is 63.1 Å². The van der Waals surface area contributed by atoms with Gasteiger partial charge in [0.15, 0.2) is 0 Å². The average Bonchev–Trinajstić information content (AvgIpc) is 3.25. The molecule has 3 heterocycles. The molecule has 3 N–H and O–H groups in total. The van der Waals surface area contributed by atoms with Gasteiger partial charge in [-0.25, -0.2) is 0 Å². The van der Waals surface area contributed by atoms with Gasteiger partial charge in [0.1, 0.15) is 11.6 Å². The van der Waals surface area contributed by atoms with Gasteiger partial charge in [-0.15, -0.1) is 0 Å². The summed E-state index contributed by atoms with van der Waals surface area (Å²) in [6.45, 7) is 12.2. The van der Waals surface area contributed by atoms with E-state index in [9.17, 15) is 14.4 Å². The zero-order valence-electron chi connectivity index (χ0n) is 24.3. The molecule has 0 radical (unpaired) electrons. The van der Waals surface area contributed by atoms with Gasteiger partial charge in [0, 0.05) is 43.5 Å². The molecule has 0 saturated carbocycles. The molecule has 2 saturated heterocycles. The van der Waals surface area contributed by atoms with Crippen molar-refractivity contribution < 1.29 is 14.4 Å². The Balaban J connectivity index is 1.64. The summed E-state index contributed by atoms with van der Waals surface area (Å²) in [5.41, 5.74) is 3.90. The Morgan fingerprint density at radius 2 is 1.82 bits per heavy atom. The third-order valence-electron chi connectivity index (χ3n) is 8.42. The van der Waals surface area contributed by atoms with E-state index in [-0.39, 0.29) is 23.8 Å². The Bertz CT molecular complexity index is 1160. The van der Waals surface area contributed by atoms with Crippen LogP contribution in [0.3, 0.4) is 0 Å². The highest BCUT2D eigenvalue weighted by atomic mass is 16.2. The number of aryl methyl sites for hydroxylation is 2. The molecule has 2 fully saturated rings. The van der Waals surface area contributed by atoms with Crippen LogP contribution >= 0.6 is 0 Å². The lowest BCUT2D eigenvalue weighted by Crippen LogP contribution is -2.73. The number of piperazine rings is 1. The highest BCUT2D eigenvalue weighted by Crippen LogP contribution is 2.40. The lowest BCUT2D eigenvalue weighted by atomic mass is 9.79. The first kappa shape index (κ1) is 28.8. The Morgan fingerprint density at radius 1 is 1.15 bits per heavy atom. The van der Waals surface area contributed by atoms with E-state index in [1.807, 2.05) is 43.0 Å². The minimum atomic E-state index is -0.815. The number of benzene rings is 1. The molecule has 3 amide bonds. The molecular formula is C30H44N6O3. The van der Waals surface area contributed by atoms with Crippen molar-refractivity contribution in [3.63, 3.8) is 0 Å². The molecule has 1 spiro atoms. The normalized spacial score (nSPS) is 20.4. The van der Waals surface area contributed by atoms with Crippen LogP contribution in [0.25, 0.3) is 0 Å². The predicted molar refractivity (Wildman–Crippen MR) is 151 cm³/mol. The van der Waals surface area contributed by atoms with E-state index in [4.69, 9.17) is 0 Å². The van der Waals surface area contributed by atoms with Crippen LogP contribution in [0, 0.1) is 19.8 Å². The maximum absolute atomic E-state index is 13.7. The van der Waals surface area contributed by atoms with Gasteiger partial charge in [0.05, 0.1) is 11.7 Å². The molecule has 9 nitrogen and oxygen atoms in total. The average molecular weight is 537 g/mol. The molecule has 39 heavy (non-hydrogen) atoms. The highest BCUT2D eigenvalue weighted by molar-refractivity contribution is 6.00. The van der Waals surface area contributed by atoms with Crippen LogP contribution in [0.5, 0.6) is 0 Å². The Morgan fingerprint density at radius 3 is 2.36 bits per heavy atom. The zero-order valence-corrected chi connectivity index (χ0v) is 24.3. The SMILES string of the molecule is CCCCN1C(=O)[C@H](CC(C)C)NC(=O)C12CCN(C(c1ccc(C(=O)NC)cc1)c1c(C)n[nH]c1C)CC2. The van der Waals surface area contributed by atoms with Crippen molar-refractivity contribution in [2.75, 3.05) is 26.7 Å². The standard InChI is InChI=1S/C30H44N6O3/c1-7-8-15-36-28(38)24(18-19(2)3)32-29(39)30(36)13-16-35(17-14-30)26(25-20(4)33-34-21(25)5)22-9-11-23(12-10-22)27(37)31-6/h9-12,19,24,26H,7-8,13-18H2,1-6H3,(H,31,37)(H,32,39)(H,33,34)/t24-,26?/m0/s1. The van der Waals surface area contributed by atoms with Gasteiger partial charge in [-0.2, -0.15) is 5.10 Å². The van der Waals surface area contributed by atoms with Crippen LogP contribution in [0.1, 0.15) is 91.8 Å². The molecule has 4 rings (SSSR count). The summed E-state index contributed by atoms with van der Waals surface area (Å²) in [7, 11) is 1.63. The number of H-pyrrole nitrogens is 1. The third kappa shape index (κ3) is 5.60. The van der Waals surface area contributed by atoms with Crippen LogP contribution in [0.4, 0.5) is 0 Å². The fourth-order valence-electron chi connectivity index (χ4n) is 6.28. The molecule has 0 bridgehead atoms. The molecule has 2 atom stereocenters. The van der Waals surface area contributed by atoms with E-state index in [0.29, 0.717) is 50.4 Å². The van der Waals surface area contributed by atoms with Gasteiger partial charge in [-0.3, -0.25) is 24.4 Å². The van der Waals surface area contributed by atoms with Crippen molar-refractivity contribution in [3.8, 4) is 0 Å². The van der Waals surface area contributed by atoms with E-state index < -0.39 is 11.6 Å². The van der Waals surface area contributed by atoms with E-state index in [1.165, 1.54) is 0 Å². The van der Waals surface area contributed by atoms with Gasteiger partial charge in [0.2, 0.25) is 11.8 Å². The fourth-order valence-corrected chi connectivity index (χ4v) is 6.28. The largest absolute Gasteiger partial charge is 0.355 e. The van der Waals surface area contributed by atoms with Crippen molar-refractivity contribution in [2.45, 2.75) is 84.3 Å². The topological polar surface area (TPSA) is 110 Å². The summed E-state index contributed by atoms with van der Waals surface area (Å²) in [6, 6.07) is 7.19. The summed E-state index contributed by atoms with van der Waals surface area (Å²) < 4.78 is 0. The van der Waals surface area contributed by atoms with Crippen LogP contribution in [-0.4, -0.2) is 76.0 Å². The van der Waals surface area contributed by atoms with Crippen molar-refractivity contribution >= 4 is 17.7 Å². The summed E-state index contributed by atoms with van der Waals surface area (Å²) >= 11 is 0. The molecule has 1 unspecified atom stereocenters. The number of likely N-dealkylation sites (tertiary alicyclic amines) is 1. The number of carbonyl (C=O) groups excluding carboxylic acids is 3. The van der Waals surface area contributed by atoms with Crippen molar-refractivity contribution in [2.24, 2.45) is 5.92 Å². The van der Waals surface area contributed by atoms with Crippen LogP contribution < -0.4 is 10.6 Å². The predicted octanol–water partition coefficient (Wildman–Crippen LogP) is 3.48. The van der Waals surface area contributed by atoms with Crippen LogP contribution in [-0.2, 0) is 9.59 Å². The zero-order chi connectivity index (χ0) is 28.3. The van der Waals surface area contributed by atoms with Gasteiger partial charge in [0.25, 0.3) is 5.91 Å². The number of aromatic nitrogens is 2. The Hall–Kier alpha value is -3.20. The second-order valence-electron chi connectivity index (χ2n) is 11.5. The second kappa shape index (κ2) is 11.9. The third-order valence-corrected chi connectivity index (χ3v) is 8.42. The van der Waals surface area contributed by atoms with E-state index in [1.54, 1.807) is 7.05 Å². The molecule has 1 aromatic heterocycles. The van der Waals surface area contributed by atoms with Gasteiger partial charge in [-0.1, -0.05) is 39.3 Å².